The van der Waals surface area contributed by atoms with Gasteiger partial charge in [-0.25, -0.2) is 0 Å². The van der Waals surface area contributed by atoms with E-state index >= 15 is 0 Å². The Bertz CT molecular complexity index is 425. The lowest BCUT2D eigenvalue weighted by Crippen LogP contribution is -2.20. The van der Waals surface area contributed by atoms with Gasteiger partial charge in [0.1, 0.15) is 5.51 Å². The van der Waals surface area contributed by atoms with Gasteiger partial charge >= 0.3 is 4.87 Å². The van der Waals surface area contributed by atoms with E-state index in [9.17, 15) is 4.79 Å². The Balaban J connectivity index is 2.89. The molecule has 1 atom stereocenters. The molecule has 0 aromatic carbocycles. The molecular formula is C6H11N2O4PS3. The van der Waals surface area contributed by atoms with Crippen molar-refractivity contribution in [2.24, 2.45) is 0 Å². The third-order valence-electron chi connectivity index (χ3n) is 1.58. The fourth-order valence-corrected chi connectivity index (χ4v) is 4.61. The Morgan fingerprint density at radius 3 is 2.56 bits per heavy atom. The van der Waals surface area contributed by atoms with E-state index in [0.717, 1.165) is 22.7 Å². The highest BCUT2D eigenvalue weighted by atomic mass is 32.9. The van der Waals surface area contributed by atoms with Crippen LogP contribution in [0.5, 0.6) is 0 Å². The second-order valence-corrected chi connectivity index (χ2v) is 9.65. The first kappa shape index (κ1) is 14.3. The lowest BCUT2D eigenvalue weighted by molar-refractivity contribution is 0.109. The minimum atomic E-state index is -2.48. The summed E-state index contributed by atoms with van der Waals surface area (Å²) < 4.78 is 16.6. The number of methoxy groups -OCH3 is 1. The maximum absolute atomic E-state index is 11.4. The van der Waals surface area contributed by atoms with E-state index in [1.54, 1.807) is 0 Å². The molecule has 0 radical (unpaired) electrons. The zero-order valence-corrected chi connectivity index (χ0v) is 12.2. The van der Waals surface area contributed by atoms with Crippen LogP contribution in [0.15, 0.2) is 10.3 Å². The third kappa shape index (κ3) is 3.36. The van der Waals surface area contributed by atoms with Crippen LogP contribution in [0.3, 0.4) is 0 Å². The molecule has 0 aliphatic heterocycles. The maximum atomic E-state index is 11.4. The molecule has 10 heteroatoms. The lowest BCUT2D eigenvalue weighted by Gasteiger charge is -2.21. The van der Waals surface area contributed by atoms with Gasteiger partial charge in [0.05, 0.1) is 0 Å². The number of hydrogen-bond acceptors (Lipinski definition) is 8. The summed E-state index contributed by atoms with van der Waals surface area (Å²) in [6.07, 6.45) is 0. The molecule has 1 aromatic rings. The van der Waals surface area contributed by atoms with Gasteiger partial charge in [0, 0.05) is 21.3 Å². The van der Waals surface area contributed by atoms with Crippen molar-refractivity contribution in [3.63, 3.8) is 0 Å². The number of ether oxygens (including phenoxy) is 1. The van der Waals surface area contributed by atoms with Crippen molar-refractivity contribution >= 4 is 40.2 Å². The molecule has 0 fully saturated rings. The van der Waals surface area contributed by atoms with E-state index in [0.29, 0.717) is 0 Å². The topological polar surface area (TPSA) is 62.6 Å². The molecule has 1 heterocycles. The fourth-order valence-electron chi connectivity index (χ4n) is 0.820. The zero-order valence-electron chi connectivity index (χ0n) is 8.85. The van der Waals surface area contributed by atoms with E-state index in [-0.39, 0.29) is 4.87 Å². The molecule has 1 unspecified atom stereocenters. The van der Waals surface area contributed by atoms with Crippen LogP contribution in [-0.2, 0) is 25.6 Å². The number of hydrogen-bond donors (Lipinski definition) is 0. The van der Waals surface area contributed by atoms with Crippen LogP contribution in [0.4, 0.5) is 0 Å². The zero-order chi connectivity index (χ0) is 12.2. The molecule has 0 saturated carbocycles. The summed E-state index contributed by atoms with van der Waals surface area (Å²) in [6.45, 7) is 0. The first-order chi connectivity index (χ1) is 7.56. The quantitative estimate of drug-likeness (QED) is 0.585. The molecule has 0 spiro atoms. The summed E-state index contributed by atoms with van der Waals surface area (Å²) in [5.74, 6) is 0. The van der Waals surface area contributed by atoms with Gasteiger partial charge in [0.25, 0.3) is 5.69 Å². The Kier molecular flexibility index (Phi) is 5.58. The van der Waals surface area contributed by atoms with Crippen molar-refractivity contribution in [3.8, 4) is 0 Å². The van der Waals surface area contributed by atoms with E-state index in [4.69, 9.17) is 25.6 Å². The molecule has 16 heavy (non-hydrogen) atoms. The van der Waals surface area contributed by atoms with Crippen molar-refractivity contribution < 1.29 is 13.8 Å². The minimum Gasteiger partial charge on any atom is -0.350 e. The molecule has 1 rings (SSSR count). The number of nitrogens with zero attached hydrogens (tertiary/aromatic N) is 2. The molecule has 92 valence electrons. The van der Waals surface area contributed by atoms with Gasteiger partial charge < -0.3 is 13.8 Å². The molecule has 1 aromatic heterocycles. The van der Waals surface area contributed by atoms with Gasteiger partial charge in [-0.15, -0.1) is 0 Å². The Morgan fingerprint density at radius 1 is 1.56 bits per heavy atom. The van der Waals surface area contributed by atoms with Gasteiger partial charge in [0.15, 0.2) is 0 Å². The van der Waals surface area contributed by atoms with Crippen LogP contribution in [0.2, 0.25) is 0 Å². The van der Waals surface area contributed by atoms with Gasteiger partial charge in [-0.2, -0.15) is 9.78 Å². The van der Waals surface area contributed by atoms with Crippen molar-refractivity contribution in [3.05, 3.63) is 15.2 Å². The first-order valence-corrected chi connectivity index (χ1v) is 9.01. The monoisotopic (exact) mass is 302 g/mol. The highest BCUT2D eigenvalue weighted by molar-refractivity contribution is 8.67. The number of rotatable bonds is 6. The van der Waals surface area contributed by atoms with Gasteiger partial charge in [0.2, 0.25) is 5.56 Å². The summed E-state index contributed by atoms with van der Waals surface area (Å²) in [7, 11) is 4.40. The van der Waals surface area contributed by atoms with E-state index < -0.39 is 11.3 Å². The second-order valence-electron chi connectivity index (χ2n) is 2.41. The predicted octanol–water partition coefficient (Wildman–Crippen LogP) is 1.66. The molecular weight excluding hydrogens is 291 g/mol. The molecule has 0 bridgehead atoms. The SMILES string of the molecule is COC(SP(=S)(OC)OC)n1ncsc1=O. The summed E-state index contributed by atoms with van der Waals surface area (Å²) in [5.41, 5.74) is -1.68. The van der Waals surface area contributed by atoms with Gasteiger partial charge in [-0.05, 0) is 23.2 Å². The van der Waals surface area contributed by atoms with Gasteiger partial charge in [-0.3, -0.25) is 4.79 Å². The molecule has 0 N–H and O–H groups in total. The largest absolute Gasteiger partial charge is 0.350 e. The lowest BCUT2D eigenvalue weighted by atomic mass is 11.1. The molecule has 0 amide bonds. The van der Waals surface area contributed by atoms with Gasteiger partial charge in [-0.1, -0.05) is 11.3 Å². The Labute approximate surface area is 106 Å². The maximum Gasteiger partial charge on any atom is 0.327 e. The first-order valence-electron chi connectivity index (χ1n) is 4.01. The van der Waals surface area contributed by atoms with Crippen LogP contribution in [0, 0.1) is 0 Å². The van der Waals surface area contributed by atoms with E-state index in [1.165, 1.54) is 31.5 Å². The highest BCUT2D eigenvalue weighted by Gasteiger charge is 2.26. The molecule has 0 aliphatic rings. The molecule has 0 aliphatic carbocycles. The highest BCUT2D eigenvalue weighted by Crippen LogP contribution is 2.63. The summed E-state index contributed by atoms with van der Waals surface area (Å²) >= 11 is 7.29. The predicted molar refractivity (Wildman–Crippen MR) is 68.3 cm³/mol. The average molecular weight is 302 g/mol. The fraction of sp³-hybridized carbons (Fsp3) is 0.667. The van der Waals surface area contributed by atoms with Crippen molar-refractivity contribution in [2.45, 2.75) is 5.56 Å². The van der Waals surface area contributed by atoms with Crippen LogP contribution < -0.4 is 4.87 Å². The van der Waals surface area contributed by atoms with Crippen LogP contribution >= 0.6 is 28.4 Å². The van der Waals surface area contributed by atoms with Crippen LogP contribution in [-0.4, -0.2) is 31.1 Å². The Hall–Kier alpha value is 0.240. The van der Waals surface area contributed by atoms with E-state index in [2.05, 4.69) is 5.10 Å². The smallest absolute Gasteiger partial charge is 0.327 e. The average Bonchev–Trinajstić information content (AvgIpc) is 2.72. The van der Waals surface area contributed by atoms with Crippen molar-refractivity contribution in [1.82, 2.24) is 9.78 Å². The van der Waals surface area contributed by atoms with E-state index in [1.807, 2.05) is 0 Å². The van der Waals surface area contributed by atoms with Crippen LogP contribution in [0.25, 0.3) is 0 Å². The molecule has 6 nitrogen and oxygen atoms in total. The van der Waals surface area contributed by atoms with Crippen LogP contribution in [0.1, 0.15) is 5.56 Å². The number of aromatic nitrogens is 2. The molecule has 0 saturated heterocycles. The third-order valence-corrected chi connectivity index (χ3v) is 7.77. The van der Waals surface area contributed by atoms with Crippen molar-refractivity contribution in [2.75, 3.05) is 21.3 Å². The normalized spacial score (nSPS) is 13.9. The summed E-state index contributed by atoms with van der Waals surface area (Å²) in [4.78, 5) is 11.2. The summed E-state index contributed by atoms with van der Waals surface area (Å²) in [6, 6.07) is 0. The minimum absolute atomic E-state index is 0.215. The summed E-state index contributed by atoms with van der Waals surface area (Å²) in [5, 5.41) is 3.88. The second kappa shape index (κ2) is 6.25. The van der Waals surface area contributed by atoms with Crippen molar-refractivity contribution in [1.29, 1.82) is 0 Å². The Morgan fingerprint density at radius 2 is 2.19 bits per heavy atom. The standard InChI is InChI=1S/C6H11N2O4PS3/c1-10-6(8-5(9)15-4-7-8)16-13(14,11-2)12-3/h4,6H,1-3H3.